The second kappa shape index (κ2) is 9.16. The van der Waals surface area contributed by atoms with E-state index in [4.69, 9.17) is 4.74 Å². The van der Waals surface area contributed by atoms with E-state index >= 15 is 0 Å². The number of cyclic esters (lactones) is 1. The van der Waals surface area contributed by atoms with Crippen molar-refractivity contribution >= 4 is 11.9 Å². The summed E-state index contributed by atoms with van der Waals surface area (Å²) in [5.41, 5.74) is -0.907. The van der Waals surface area contributed by atoms with Gasteiger partial charge in [-0.05, 0) is 26.7 Å². The first-order valence-electron chi connectivity index (χ1n) is 8.85. The lowest BCUT2D eigenvalue weighted by molar-refractivity contribution is -0.149. The molecule has 1 aliphatic heterocycles. The standard InChI is InChI=1S/C18H32O4/c1-4-5-6-7-8-9-10-11-12-13-14-15(16(19)20)18(2,3)17(21)22-14/h14-15H,4-13H2,1-3H3,(H,19,20). The Morgan fingerprint density at radius 1 is 1.05 bits per heavy atom. The molecule has 4 heteroatoms. The molecule has 0 aromatic heterocycles. The Kier molecular flexibility index (Phi) is 7.91. The van der Waals surface area contributed by atoms with Gasteiger partial charge in [-0.1, -0.05) is 58.3 Å². The average molecular weight is 312 g/mol. The van der Waals surface area contributed by atoms with Gasteiger partial charge in [-0.25, -0.2) is 0 Å². The third-order valence-electron chi connectivity index (χ3n) is 4.79. The van der Waals surface area contributed by atoms with Crippen molar-refractivity contribution in [1.29, 1.82) is 0 Å². The lowest BCUT2D eigenvalue weighted by Crippen LogP contribution is -2.35. The molecule has 0 aromatic carbocycles. The van der Waals surface area contributed by atoms with Crippen LogP contribution in [-0.2, 0) is 14.3 Å². The summed E-state index contributed by atoms with van der Waals surface area (Å²) < 4.78 is 5.30. The molecule has 1 saturated heterocycles. The Balaban J connectivity index is 2.19. The van der Waals surface area contributed by atoms with Crippen LogP contribution in [0.4, 0.5) is 0 Å². The summed E-state index contributed by atoms with van der Waals surface area (Å²) in [7, 11) is 0. The molecule has 22 heavy (non-hydrogen) atoms. The summed E-state index contributed by atoms with van der Waals surface area (Å²) >= 11 is 0. The van der Waals surface area contributed by atoms with Crippen molar-refractivity contribution in [1.82, 2.24) is 0 Å². The van der Waals surface area contributed by atoms with E-state index < -0.39 is 23.4 Å². The van der Waals surface area contributed by atoms with Crippen molar-refractivity contribution in [3.05, 3.63) is 0 Å². The molecule has 0 amide bonds. The molecule has 1 N–H and O–H groups in total. The van der Waals surface area contributed by atoms with Crippen LogP contribution in [0.1, 0.15) is 85.0 Å². The number of carbonyl (C=O) groups is 2. The fourth-order valence-electron chi connectivity index (χ4n) is 3.30. The Morgan fingerprint density at radius 3 is 2.05 bits per heavy atom. The van der Waals surface area contributed by atoms with Gasteiger partial charge >= 0.3 is 11.9 Å². The van der Waals surface area contributed by atoms with E-state index in [9.17, 15) is 14.7 Å². The smallest absolute Gasteiger partial charge is 0.312 e. The first-order valence-corrected chi connectivity index (χ1v) is 8.85. The minimum absolute atomic E-state index is 0.374. The lowest BCUT2D eigenvalue weighted by atomic mass is 9.77. The second-order valence-electron chi connectivity index (χ2n) is 7.10. The molecule has 4 nitrogen and oxygen atoms in total. The molecule has 1 fully saturated rings. The molecule has 2 unspecified atom stereocenters. The van der Waals surface area contributed by atoms with E-state index in [1.165, 1.54) is 44.9 Å². The van der Waals surface area contributed by atoms with Gasteiger partial charge in [0.2, 0.25) is 0 Å². The number of carboxylic acid groups (broad SMARTS) is 1. The Bertz CT molecular complexity index is 362. The molecule has 128 valence electrons. The van der Waals surface area contributed by atoms with Gasteiger partial charge in [-0.2, -0.15) is 0 Å². The monoisotopic (exact) mass is 312 g/mol. The fraction of sp³-hybridized carbons (Fsp3) is 0.889. The zero-order valence-corrected chi connectivity index (χ0v) is 14.4. The molecule has 0 radical (unpaired) electrons. The number of esters is 1. The minimum Gasteiger partial charge on any atom is -0.481 e. The van der Waals surface area contributed by atoms with Gasteiger partial charge in [0.25, 0.3) is 0 Å². The van der Waals surface area contributed by atoms with Gasteiger partial charge in [-0.3, -0.25) is 9.59 Å². The largest absolute Gasteiger partial charge is 0.481 e. The highest BCUT2D eigenvalue weighted by atomic mass is 16.6. The van der Waals surface area contributed by atoms with Gasteiger partial charge in [-0.15, -0.1) is 0 Å². The summed E-state index contributed by atoms with van der Waals surface area (Å²) in [5, 5.41) is 9.35. The molecular formula is C18H32O4. The van der Waals surface area contributed by atoms with Crippen molar-refractivity contribution in [3.63, 3.8) is 0 Å². The molecule has 0 saturated carbocycles. The van der Waals surface area contributed by atoms with E-state index in [0.29, 0.717) is 6.42 Å². The zero-order valence-electron chi connectivity index (χ0n) is 14.4. The minimum atomic E-state index is -0.920. The number of hydrogen-bond acceptors (Lipinski definition) is 3. The van der Waals surface area contributed by atoms with Crippen molar-refractivity contribution in [2.24, 2.45) is 11.3 Å². The average Bonchev–Trinajstić information content (AvgIpc) is 2.67. The SMILES string of the molecule is CCCCCCCCCCCC1OC(=O)C(C)(C)C1C(=O)O. The maximum Gasteiger partial charge on any atom is 0.312 e. The second-order valence-corrected chi connectivity index (χ2v) is 7.10. The normalized spacial score (nSPS) is 23.5. The van der Waals surface area contributed by atoms with Crippen LogP contribution >= 0.6 is 0 Å². The van der Waals surface area contributed by atoms with Gasteiger partial charge in [0.05, 0.1) is 5.41 Å². The highest BCUT2D eigenvalue weighted by Crippen LogP contribution is 2.41. The topological polar surface area (TPSA) is 63.6 Å². The van der Waals surface area contributed by atoms with E-state index in [1.54, 1.807) is 13.8 Å². The van der Waals surface area contributed by atoms with Crippen molar-refractivity contribution in [2.45, 2.75) is 91.1 Å². The molecule has 1 rings (SSSR count). The van der Waals surface area contributed by atoms with Crippen molar-refractivity contribution in [2.75, 3.05) is 0 Å². The predicted molar refractivity (Wildman–Crippen MR) is 86.6 cm³/mol. The van der Waals surface area contributed by atoms with Crippen LogP contribution in [0, 0.1) is 11.3 Å². The van der Waals surface area contributed by atoms with Crippen LogP contribution < -0.4 is 0 Å². The number of ether oxygens (including phenoxy) is 1. The van der Waals surface area contributed by atoms with Crippen LogP contribution in [0.3, 0.4) is 0 Å². The Morgan fingerprint density at radius 2 is 1.55 bits per heavy atom. The van der Waals surface area contributed by atoms with E-state index in [2.05, 4.69) is 6.92 Å². The third kappa shape index (κ3) is 5.29. The number of hydrogen-bond donors (Lipinski definition) is 1. The van der Waals surface area contributed by atoms with Gasteiger partial charge in [0.1, 0.15) is 12.0 Å². The van der Waals surface area contributed by atoms with Gasteiger partial charge in [0.15, 0.2) is 0 Å². The van der Waals surface area contributed by atoms with Crippen molar-refractivity contribution in [3.8, 4) is 0 Å². The van der Waals surface area contributed by atoms with E-state index in [0.717, 1.165) is 12.8 Å². The molecule has 2 atom stereocenters. The number of carbonyl (C=O) groups excluding carboxylic acids is 1. The van der Waals surface area contributed by atoms with Crippen molar-refractivity contribution < 1.29 is 19.4 Å². The van der Waals surface area contributed by atoms with E-state index in [1.807, 2.05) is 0 Å². The third-order valence-corrected chi connectivity index (χ3v) is 4.79. The molecular weight excluding hydrogens is 280 g/mol. The zero-order chi connectivity index (χ0) is 16.6. The first-order chi connectivity index (χ1) is 10.4. The van der Waals surface area contributed by atoms with Crippen LogP contribution in [0.2, 0.25) is 0 Å². The summed E-state index contributed by atoms with van der Waals surface area (Å²) in [6.45, 7) is 5.57. The summed E-state index contributed by atoms with van der Waals surface area (Å²) in [4.78, 5) is 23.2. The highest BCUT2D eigenvalue weighted by Gasteiger charge is 2.54. The number of rotatable bonds is 11. The van der Waals surface area contributed by atoms with Gasteiger partial charge < -0.3 is 9.84 Å². The first kappa shape index (κ1) is 19.0. The lowest BCUT2D eigenvalue weighted by Gasteiger charge is -2.20. The summed E-state index contributed by atoms with van der Waals surface area (Å²) in [6.07, 6.45) is 11.3. The molecule has 1 aliphatic rings. The number of aliphatic carboxylic acids is 1. The molecule has 1 heterocycles. The van der Waals surface area contributed by atoms with E-state index in [-0.39, 0.29) is 5.97 Å². The molecule has 0 aliphatic carbocycles. The Hall–Kier alpha value is -1.06. The van der Waals surface area contributed by atoms with Crippen LogP contribution in [0.5, 0.6) is 0 Å². The molecule has 0 bridgehead atoms. The number of unbranched alkanes of at least 4 members (excludes halogenated alkanes) is 8. The molecule has 0 aromatic rings. The molecule has 0 spiro atoms. The van der Waals surface area contributed by atoms with Crippen LogP contribution in [0.15, 0.2) is 0 Å². The summed E-state index contributed by atoms with van der Waals surface area (Å²) in [5.74, 6) is -2.01. The number of carboxylic acids is 1. The van der Waals surface area contributed by atoms with Crippen LogP contribution in [-0.4, -0.2) is 23.1 Å². The van der Waals surface area contributed by atoms with Gasteiger partial charge in [0, 0.05) is 0 Å². The van der Waals surface area contributed by atoms with Crippen LogP contribution in [0.25, 0.3) is 0 Å². The Labute approximate surface area is 134 Å². The predicted octanol–water partition coefficient (Wildman–Crippen LogP) is 4.56. The highest BCUT2D eigenvalue weighted by molar-refractivity contribution is 5.87. The quantitative estimate of drug-likeness (QED) is 0.449. The maximum atomic E-state index is 11.8. The fourth-order valence-corrected chi connectivity index (χ4v) is 3.30. The maximum absolute atomic E-state index is 11.8. The summed E-state index contributed by atoms with van der Waals surface area (Å²) in [6, 6.07) is 0.